The zero-order valence-corrected chi connectivity index (χ0v) is 18.1. The highest BCUT2D eigenvalue weighted by molar-refractivity contribution is 5.82. The third-order valence-electron chi connectivity index (χ3n) is 6.31. The molecule has 2 aromatic rings. The van der Waals surface area contributed by atoms with E-state index in [-0.39, 0.29) is 22.4 Å². The number of aromatic hydroxyl groups is 1. The zero-order valence-electron chi connectivity index (χ0n) is 18.1. The summed E-state index contributed by atoms with van der Waals surface area (Å²) in [5, 5.41) is 10.7. The van der Waals surface area contributed by atoms with Crippen molar-refractivity contribution in [2.75, 3.05) is 36.8 Å². The Morgan fingerprint density at radius 2 is 1.81 bits per heavy atom. The first kappa shape index (κ1) is 21.7. The van der Waals surface area contributed by atoms with Crippen LogP contribution in [0, 0.1) is 5.41 Å². The lowest BCUT2D eigenvalue weighted by Crippen LogP contribution is -2.47. The Kier molecular flexibility index (Phi) is 5.11. The molecule has 1 saturated heterocycles. The number of hydrogen-bond acceptors (Lipinski definition) is 5. The van der Waals surface area contributed by atoms with Gasteiger partial charge in [-0.05, 0) is 61.2 Å². The molecule has 2 aliphatic heterocycles. The van der Waals surface area contributed by atoms with Gasteiger partial charge in [-0.3, -0.25) is 0 Å². The number of piperidine rings is 1. The van der Waals surface area contributed by atoms with Crippen molar-refractivity contribution in [1.82, 2.24) is 9.88 Å². The first-order chi connectivity index (χ1) is 14.4. The SMILES string of the molecule is CC(C)(C)CN1CCC2(CC1)CN(c1ncccc1N)c1c(O)ccc(C(F)(F)F)c12. The molecule has 1 fully saturated rings. The Morgan fingerprint density at radius 3 is 2.39 bits per heavy atom. The van der Waals surface area contributed by atoms with Gasteiger partial charge in [0.25, 0.3) is 0 Å². The Balaban J connectivity index is 1.82. The number of nitrogens with two attached hydrogens (primary N) is 1. The number of benzene rings is 1. The molecular formula is C23H29F3N4O. The van der Waals surface area contributed by atoms with Crippen LogP contribution in [-0.2, 0) is 11.6 Å². The van der Waals surface area contributed by atoms with Crippen LogP contribution < -0.4 is 10.6 Å². The number of phenols is 1. The van der Waals surface area contributed by atoms with Crippen LogP contribution in [0.3, 0.4) is 0 Å². The Bertz CT molecular complexity index is 976. The van der Waals surface area contributed by atoms with Gasteiger partial charge in [0.15, 0.2) is 5.82 Å². The minimum Gasteiger partial charge on any atom is -0.506 e. The molecule has 168 valence electrons. The summed E-state index contributed by atoms with van der Waals surface area (Å²) in [5.74, 6) is 0.203. The molecule has 3 heterocycles. The lowest BCUT2D eigenvalue weighted by Gasteiger charge is -2.42. The quantitative estimate of drug-likeness (QED) is 0.702. The van der Waals surface area contributed by atoms with E-state index in [0.29, 0.717) is 44.0 Å². The highest BCUT2D eigenvalue weighted by Crippen LogP contribution is 2.57. The van der Waals surface area contributed by atoms with Crippen molar-refractivity contribution >= 4 is 17.2 Å². The van der Waals surface area contributed by atoms with Crippen LogP contribution >= 0.6 is 0 Å². The van der Waals surface area contributed by atoms with Crippen molar-refractivity contribution in [1.29, 1.82) is 0 Å². The number of halogens is 3. The summed E-state index contributed by atoms with van der Waals surface area (Å²) in [6.45, 7) is 9.09. The number of likely N-dealkylation sites (tertiary alicyclic amines) is 1. The predicted molar refractivity (Wildman–Crippen MR) is 116 cm³/mol. The van der Waals surface area contributed by atoms with Gasteiger partial charge in [-0.2, -0.15) is 13.2 Å². The van der Waals surface area contributed by atoms with E-state index in [2.05, 4.69) is 30.7 Å². The second-order valence-electron chi connectivity index (χ2n) is 9.97. The summed E-state index contributed by atoms with van der Waals surface area (Å²) < 4.78 is 42.2. The fraction of sp³-hybridized carbons (Fsp3) is 0.522. The van der Waals surface area contributed by atoms with E-state index < -0.39 is 17.2 Å². The van der Waals surface area contributed by atoms with E-state index in [9.17, 15) is 18.3 Å². The van der Waals surface area contributed by atoms with Crippen molar-refractivity contribution in [3.05, 3.63) is 41.6 Å². The van der Waals surface area contributed by atoms with Crippen molar-refractivity contribution in [3.63, 3.8) is 0 Å². The van der Waals surface area contributed by atoms with Crippen molar-refractivity contribution in [2.24, 2.45) is 5.41 Å². The van der Waals surface area contributed by atoms with Crippen molar-refractivity contribution in [2.45, 2.75) is 45.2 Å². The standard InChI is InChI=1S/C23H29F3N4O/c1-21(2,3)13-29-11-8-22(9-12-29)14-30(20-16(27)5-4-10-28-20)19-17(31)7-6-15(18(19)22)23(24,25)26/h4-7,10,31H,8-9,11-14,27H2,1-3H3. The molecule has 0 bridgehead atoms. The van der Waals surface area contributed by atoms with E-state index in [4.69, 9.17) is 5.73 Å². The lowest BCUT2D eigenvalue weighted by molar-refractivity contribution is -0.138. The Labute approximate surface area is 180 Å². The molecule has 2 aliphatic rings. The molecule has 0 atom stereocenters. The van der Waals surface area contributed by atoms with Crippen LogP contribution in [0.25, 0.3) is 0 Å². The first-order valence-electron chi connectivity index (χ1n) is 10.6. The minimum absolute atomic E-state index is 0.113. The van der Waals surface area contributed by atoms with E-state index in [1.54, 1.807) is 23.2 Å². The molecule has 0 unspecified atom stereocenters. The number of pyridine rings is 1. The van der Waals surface area contributed by atoms with E-state index in [1.165, 1.54) is 0 Å². The van der Waals surface area contributed by atoms with Crippen LogP contribution in [0.2, 0.25) is 0 Å². The summed E-state index contributed by atoms with van der Waals surface area (Å²) >= 11 is 0. The molecule has 1 spiro atoms. The van der Waals surface area contributed by atoms with Gasteiger partial charge in [0.05, 0.1) is 16.9 Å². The van der Waals surface area contributed by atoms with E-state index in [0.717, 1.165) is 18.7 Å². The van der Waals surface area contributed by atoms with Crippen LogP contribution in [-0.4, -0.2) is 41.2 Å². The predicted octanol–water partition coefficient (Wildman–Crippen LogP) is 4.92. The monoisotopic (exact) mass is 434 g/mol. The van der Waals surface area contributed by atoms with Gasteiger partial charge in [0, 0.05) is 24.7 Å². The van der Waals surface area contributed by atoms with Gasteiger partial charge >= 0.3 is 6.18 Å². The maximum atomic E-state index is 14.1. The highest BCUT2D eigenvalue weighted by Gasteiger charge is 2.52. The average Bonchev–Trinajstić information content (AvgIpc) is 2.98. The molecule has 0 saturated carbocycles. The molecule has 8 heteroatoms. The van der Waals surface area contributed by atoms with Gasteiger partial charge in [-0.15, -0.1) is 0 Å². The Hall–Kier alpha value is -2.48. The first-order valence-corrected chi connectivity index (χ1v) is 10.6. The number of alkyl halides is 3. The number of anilines is 3. The highest BCUT2D eigenvalue weighted by atomic mass is 19.4. The molecule has 31 heavy (non-hydrogen) atoms. The van der Waals surface area contributed by atoms with Crippen LogP contribution in [0.15, 0.2) is 30.5 Å². The topological polar surface area (TPSA) is 65.6 Å². The third kappa shape index (κ3) is 3.93. The van der Waals surface area contributed by atoms with Gasteiger partial charge < -0.3 is 20.6 Å². The van der Waals surface area contributed by atoms with E-state index in [1.807, 2.05) is 0 Å². The number of nitrogen functional groups attached to an aromatic ring is 1. The number of aromatic nitrogens is 1. The molecule has 5 nitrogen and oxygen atoms in total. The number of rotatable bonds is 2. The summed E-state index contributed by atoms with van der Waals surface area (Å²) in [6, 6.07) is 5.48. The van der Waals surface area contributed by atoms with Crippen LogP contribution in [0.5, 0.6) is 5.75 Å². The molecular weight excluding hydrogens is 405 g/mol. The maximum Gasteiger partial charge on any atom is 0.416 e. The maximum absolute atomic E-state index is 14.1. The number of phenolic OH excluding ortho intramolecular Hbond substituents is 1. The molecule has 0 radical (unpaired) electrons. The van der Waals surface area contributed by atoms with Crippen LogP contribution in [0.1, 0.15) is 44.7 Å². The minimum atomic E-state index is -4.51. The third-order valence-corrected chi connectivity index (χ3v) is 6.31. The smallest absolute Gasteiger partial charge is 0.416 e. The zero-order chi connectivity index (χ0) is 22.6. The number of nitrogens with zero attached hydrogens (tertiary/aromatic N) is 3. The second kappa shape index (κ2) is 7.29. The van der Waals surface area contributed by atoms with Crippen LogP contribution in [0.4, 0.5) is 30.4 Å². The van der Waals surface area contributed by atoms with E-state index >= 15 is 0 Å². The molecule has 0 amide bonds. The molecule has 3 N–H and O–H groups in total. The molecule has 1 aromatic carbocycles. The summed E-state index contributed by atoms with van der Waals surface area (Å²) in [7, 11) is 0. The number of fused-ring (bicyclic) bond motifs is 2. The average molecular weight is 435 g/mol. The van der Waals surface area contributed by atoms with Crippen molar-refractivity contribution in [3.8, 4) is 5.75 Å². The van der Waals surface area contributed by atoms with Gasteiger partial charge in [-0.25, -0.2) is 4.98 Å². The normalized spacial score (nSPS) is 19.1. The lowest BCUT2D eigenvalue weighted by atomic mass is 9.72. The second-order valence-corrected chi connectivity index (χ2v) is 9.97. The largest absolute Gasteiger partial charge is 0.506 e. The summed E-state index contributed by atoms with van der Waals surface area (Å²) in [4.78, 5) is 8.33. The number of hydrogen-bond donors (Lipinski definition) is 2. The fourth-order valence-corrected chi connectivity index (χ4v) is 5.12. The van der Waals surface area contributed by atoms with Gasteiger partial charge in [0.2, 0.25) is 0 Å². The molecule has 4 rings (SSSR count). The fourth-order valence-electron chi connectivity index (χ4n) is 5.12. The molecule has 0 aliphatic carbocycles. The van der Waals surface area contributed by atoms with Gasteiger partial charge in [-0.1, -0.05) is 20.8 Å². The Morgan fingerprint density at radius 1 is 1.13 bits per heavy atom. The van der Waals surface area contributed by atoms with Gasteiger partial charge in [0.1, 0.15) is 5.75 Å². The summed E-state index contributed by atoms with van der Waals surface area (Å²) in [6.07, 6.45) is -1.80. The van der Waals surface area contributed by atoms with Crippen molar-refractivity contribution < 1.29 is 18.3 Å². The summed E-state index contributed by atoms with van der Waals surface area (Å²) in [5.41, 5.74) is 5.57. The molecule has 1 aromatic heterocycles.